The maximum absolute atomic E-state index is 13.1. The van der Waals surface area contributed by atoms with Gasteiger partial charge in [-0.3, -0.25) is 9.59 Å². The Morgan fingerprint density at radius 3 is 2.51 bits per heavy atom. The van der Waals surface area contributed by atoms with Gasteiger partial charge in [-0.05, 0) is 80.9 Å². The third kappa shape index (κ3) is 5.38. The van der Waals surface area contributed by atoms with Gasteiger partial charge in [-0.2, -0.15) is 0 Å². The molecule has 3 aliphatic rings. The van der Waals surface area contributed by atoms with Crippen LogP contribution >= 0.6 is 0 Å². The molecule has 8 nitrogen and oxygen atoms in total. The molecule has 5 rings (SSSR count). The molecule has 0 unspecified atom stereocenters. The Morgan fingerprint density at radius 2 is 1.78 bits per heavy atom. The Labute approximate surface area is 217 Å². The highest BCUT2D eigenvalue weighted by molar-refractivity contribution is 5.98. The number of carbonyl (C=O) groups is 3. The highest BCUT2D eigenvalue weighted by Gasteiger charge is 2.46. The van der Waals surface area contributed by atoms with Gasteiger partial charge in [0, 0.05) is 38.5 Å². The number of carbonyl (C=O) groups excluding carboxylic acids is 3. The molecule has 1 N–H and O–H groups in total. The van der Waals surface area contributed by atoms with Gasteiger partial charge in [0.05, 0.1) is 5.41 Å². The number of hydrogen-bond acceptors (Lipinski definition) is 5. The molecule has 0 aliphatic carbocycles. The first-order valence-electron chi connectivity index (χ1n) is 12.9. The van der Waals surface area contributed by atoms with Gasteiger partial charge in [0.25, 0.3) is 0 Å². The molecule has 2 aromatic rings. The third-order valence-corrected chi connectivity index (χ3v) is 7.46. The Bertz CT molecular complexity index is 1250. The van der Waals surface area contributed by atoms with Crippen LogP contribution in [0.25, 0.3) is 6.08 Å². The molecule has 8 heteroatoms. The molecule has 4 heterocycles. The van der Waals surface area contributed by atoms with Gasteiger partial charge in [-0.15, -0.1) is 0 Å². The lowest BCUT2D eigenvalue weighted by atomic mass is 9.71. The topological polar surface area (TPSA) is 91.8 Å². The Kier molecular flexibility index (Phi) is 6.52. The van der Waals surface area contributed by atoms with E-state index in [-0.39, 0.29) is 17.9 Å². The molecule has 1 spiro atoms. The van der Waals surface area contributed by atoms with Crippen LogP contribution in [0.1, 0.15) is 55.9 Å². The minimum atomic E-state index is -0.577. The minimum Gasteiger partial charge on any atom is -0.444 e. The van der Waals surface area contributed by atoms with E-state index < -0.39 is 11.0 Å². The lowest BCUT2D eigenvalue weighted by molar-refractivity contribution is -0.129. The van der Waals surface area contributed by atoms with E-state index in [0.29, 0.717) is 51.3 Å². The quantitative estimate of drug-likeness (QED) is 0.622. The first-order chi connectivity index (χ1) is 17.6. The van der Waals surface area contributed by atoms with Crippen LogP contribution in [-0.2, 0) is 33.7 Å². The summed E-state index contributed by atoms with van der Waals surface area (Å²) in [6.45, 7) is 7.81. The average Bonchev–Trinajstić information content (AvgIpc) is 2.87. The Morgan fingerprint density at radius 1 is 1.05 bits per heavy atom. The van der Waals surface area contributed by atoms with Gasteiger partial charge >= 0.3 is 6.09 Å². The van der Waals surface area contributed by atoms with E-state index in [1.165, 1.54) is 11.1 Å². The van der Waals surface area contributed by atoms with Crippen LogP contribution < -0.4 is 5.32 Å². The summed E-state index contributed by atoms with van der Waals surface area (Å²) in [5.41, 5.74) is 3.15. The minimum absolute atomic E-state index is 0.0217. The lowest BCUT2D eigenvalue weighted by Gasteiger charge is -2.43. The van der Waals surface area contributed by atoms with E-state index in [1.54, 1.807) is 23.2 Å². The molecule has 194 valence electrons. The number of aromatic nitrogens is 1. The predicted octanol–water partition coefficient (Wildman–Crippen LogP) is 4.19. The maximum atomic E-state index is 13.1. The number of hydrogen-bond donors (Lipinski definition) is 1. The SMILES string of the molecule is CC(C)(C)OC(=O)N1CCC2(CC1)Cc1cc(C=CC(=O)N3CCc4ccccc4C3)cnc1NC2=O. The van der Waals surface area contributed by atoms with Crippen LogP contribution in [0.5, 0.6) is 0 Å². The van der Waals surface area contributed by atoms with Crippen molar-refractivity contribution in [2.24, 2.45) is 5.41 Å². The number of rotatable bonds is 2. The van der Waals surface area contributed by atoms with E-state index in [0.717, 1.165) is 17.5 Å². The first-order valence-corrected chi connectivity index (χ1v) is 12.9. The first kappa shape index (κ1) is 25.0. The molecular weight excluding hydrogens is 468 g/mol. The molecule has 1 saturated heterocycles. The molecule has 1 aromatic carbocycles. The van der Waals surface area contributed by atoms with E-state index in [1.807, 2.05) is 43.9 Å². The summed E-state index contributed by atoms with van der Waals surface area (Å²) >= 11 is 0. The number of ether oxygens (including phenoxy) is 1. The van der Waals surface area contributed by atoms with Crippen molar-refractivity contribution in [3.63, 3.8) is 0 Å². The molecule has 1 fully saturated rings. The van der Waals surface area contributed by atoms with Gasteiger partial charge in [0.1, 0.15) is 11.4 Å². The van der Waals surface area contributed by atoms with Crippen molar-refractivity contribution in [3.8, 4) is 0 Å². The van der Waals surface area contributed by atoms with E-state index in [9.17, 15) is 14.4 Å². The van der Waals surface area contributed by atoms with Gasteiger partial charge in [-0.1, -0.05) is 24.3 Å². The van der Waals surface area contributed by atoms with E-state index >= 15 is 0 Å². The van der Waals surface area contributed by atoms with Gasteiger partial charge in [-0.25, -0.2) is 9.78 Å². The molecule has 0 atom stereocenters. The van der Waals surface area contributed by atoms with E-state index in [2.05, 4.69) is 22.4 Å². The number of piperidine rings is 1. The fourth-order valence-corrected chi connectivity index (χ4v) is 5.36. The predicted molar refractivity (Wildman–Crippen MR) is 141 cm³/mol. The van der Waals surface area contributed by atoms with Crippen molar-refractivity contribution in [2.75, 3.05) is 25.0 Å². The summed E-state index contributed by atoms with van der Waals surface area (Å²) < 4.78 is 5.50. The Balaban J connectivity index is 1.24. The Hall–Kier alpha value is -3.68. The monoisotopic (exact) mass is 502 g/mol. The van der Waals surface area contributed by atoms with Crippen LogP contribution in [0.2, 0.25) is 0 Å². The lowest BCUT2D eigenvalue weighted by Crippen LogP contribution is -2.51. The molecule has 1 aromatic heterocycles. The number of anilines is 1. The van der Waals surface area contributed by atoms with Crippen molar-refractivity contribution in [1.82, 2.24) is 14.8 Å². The normalized spacial score (nSPS) is 18.8. The fourth-order valence-electron chi connectivity index (χ4n) is 5.36. The highest BCUT2D eigenvalue weighted by atomic mass is 16.6. The van der Waals surface area contributed by atoms with Crippen molar-refractivity contribution < 1.29 is 19.1 Å². The summed E-state index contributed by atoms with van der Waals surface area (Å²) in [7, 11) is 0. The van der Waals surface area contributed by atoms with Crippen LogP contribution in [0.4, 0.5) is 10.6 Å². The second-order valence-corrected chi connectivity index (χ2v) is 11.3. The maximum Gasteiger partial charge on any atom is 0.410 e. The fraction of sp³-hybridized carbons (Fsp3) is 0.448. The zero-order valence-corrected chi connectivity index (χ0v) is 21.8. The van der Waals surface area contributed by atoms with Crippen LogP contribution in [-0.4, -0.2) is 57.9 Å². The number of nitrogens with one attached hydrogen (secondary N) is 1. The molecule has 3 amide bonds. The van der Waals surface area contributed by atoms with Gasteiger partial charge in [0.2, 0.25) is 11.8 Å². The van der Waals surface area contributed by atoms with Crippen molar-refractivity contribution in [2.45, 2.75) is 58.6 Å². The second kappa shape index (κ2) is 9.65. The van der Waals surface area contributed by atoms with Crippen LogP contribution in [0.3, 0.4) is 0 Å². The number of likely N-dealkylation sites (tertiary alicyclic amines) is 1. The number of nitrogens with zero attached hydrogens (tertiary/aromatic N) is 3. The molecule has 37 heavy (non-hydrogen) atoms. The summed E-state index contributed by atoms with van der Waals surface area (Å²) in [4.78, 5) is 46.4. The number of pyridine rings is 1. The standard InChI is InChI=1S/C29H34N4O4/c1-28(2,3)37-27(36)32-14-11-29(12-15-32)17-23-16-20(18-30-25(23)31-26(29)35)8-9-24(34)33-13-10-21-6-4-5-7-22(21)19-33/h4-9,16,18H,10-15,17,19H2,1-3H3,(H,30,31,35). The average molecular weight is 503 g/mol. The van der Waals surface area contributed by atoms with E-state index in [4.69, 9.17) is 4.74 Å². The van der Waals surface area contributed by atoms with Crippen molar-refractivity contribution >= 4 is 29.8 Å². The highest BCUT2D eigenvalue weighted by Crippen LogP contribution is 2.41. The molecule has 3 aliphatic heterocycles. The smallest absolute Gasteiger partial charge is 0.410 e. The summed E-state index contributed by atoms with van der Waals surface area (Å²) in [6.07, 6.45) is 7.29. The summed E-state index contributed by atoms with van der Waals surface area (Å²) in [6, 6.07) is 10.2. The number of amides is 3. The van der Waals surface area contributed by atoms with Crippen LogP contribution in [0, 0.1) is 5.41 Å². The van der Waals surface area contributed by atoms with Crippen LogP contribution in [0.15, 0.2) is 42.6 Å². The summed E-state index contributed by atoms with van der Waals surface area (Å²) in [5, 5.41) is 2.97. The summed E-state index contributed by atoms with van der Waals surface area (Å²) in [5.74, 6) is 0.507. The molecule has 0 bridgehead atoms. The van der Waals surface area contributed by atoms with Crippen molar-refractivity contribution in [3.05, 3.63) is 64.9 Å². The zero-order valence-electron chi connectivity index (χ0n) is 21.8. The van der Waals surface area contributed by atoms with Gasteiger partial charge in [0.15, 0.2) is 0 Å². The molecular formula is C29H34N4O4. The second-order valence-electron chi connectivity index (χ2n) is 11.3. The zero-order chi connectivity index (χ0) is 26.2. The molecule has 0 radical (unpaired) electrons. The number of benzene rings is 1. The largest absolute Gasteiger partial charge is 0.444 e. The third-order valence-electron chi connectivity index (χ3n) is 7.46. The van der Waals surface area contributed by atoms with Crippen molar-refractivity contribution in [1.29, 1.82) is 0 Å². The molecule has 0 saturated carbocycles. The number of fused-ring (bicyclic) bond motifs is 2. The van der Waals surface area contributed by atoms with Gasteiger partial charge < -0.3 is 19.9 Å².